The van der Waals surface area contributed by atoms with Crippen molar-refractivity contribution in [1.29, 1.82) is 0 Å². The average Bonchev–Trinajstić information content (AvgIpc) is 3.12. The molecule has 0 radical (unpaired) electrons. The van der Waals surface area contributed by atoms with Crippen LogP contribution in [0.15, 0.2) is 47.1 Å². The van der Waals surface area contributed by atoms with Gasteiger partial charge in [-0.1, -0.05) is 31.5 Å². The lowest BCUT2D eigenvalue weighted by Gasteiger charge is -2.13. The van der Waals surface area contributed by atoms with Crippen molar-refractivity contribution in [3.63, 3.8) is 0 Å². The van der Waals surface area contributed by atoms with Crippen LogP contribution in [0.4, 0.5) is 0 Å². The molecular formula is C24H31N3O3. The van der Waals surface area contributed by atoms with Crippen molar-refractivity contribution in [2.75, 3.05) is 27.2 Å². The Labute approximate surface area is 178 Å². The molecule has 1 amide bonds. The van der Waals surface area contributed by atoms with Gasteiger partial charge in [-0.15, -0.1) is 0 Å². The summed E-state index contributed by atoms with van der Waals surface area (Å²) in [7, 11) is 4.08. The molecule has 2 aromatic heterocycles. The number of carbonyl (C=O) groups is 1. The van der Waals surface area contributed by atoms with E-state index in [2.05, 4.69) is 22.1 Å². The Bertz CT molecular complexity index is 965. The molecule has 6 heteroatoms. The minimum absolute atomic E-state index is 0.124. The second-order valence-corrected chi connectivity index (χ2v) is 7.67. The smallest absolute Gasteiger partial charge is 0.255 e. The number of nitrogens with one attached hydrogen (secondary N) is 1. The van der Waals surface area contributed by atoms with Gasteiger partial charge in [0, 0.05) is 36.7 Å². The molecule has 0 unspecified atom stereocenters. The van der Waals surface area contributed by atoms with E-state index in [1.165, 1.54) is 0 Å². The Morgan fingerprint density at radius 2 is 2.03 bits per heavy atom. The molecule has 0 aliphatic rings. The number of para-hydroxylation sites is 1. The normalized spacial score (nSPS) is 11.2. The molecule has 160 valence electrons. The monoisotopic (exact) mass is 409 g/mol. The number of unbranched alkanes of at least 4 members (excludes halogenated alkanes) is 1. The lowest BCUT2D eigenvalue weighted by Crippen LogP contribution is -2.24. The zero-order valence-electron chi connectivity index (χ0n) is 18.1. The molecule has 1 N–H and O–H groups in total. The Morgan fingerprint density at radius 1 is 1.20 bits per heavy atom. The van der Waals surface area contributed by atoms with Crippen molar-refractivity contribution in [1.82, 2.24) is 15.2 Å². The Balaban J connectivity index is 1.70. The van der Waals surface area contributed by atoms with Crippen LogP contribution < -0.4 is 10.1 Å². The minimum atomic E-state index is -0.124. The lowest BCUT2D eigenvalue weighted by atomic mass is 10.1. The highest BCUT2D eigenvalue weighted by molar-refractivity contribution is 6.07. The molecule has 30 heavy (non-hydrogen) atoms. The van der Waals surface area contributed by atoms with E-state index >= 15 is 0 Å². The van der Waals surface area contributed by atoms with Crippen LogP contribution in [0.25, 0.3) is 11.0 Å². The van der Waals surface area contributed by atoms with Crippen LogP contribution in [0.5, 0.6) is 5.75 Å². The number of aryl methyl sites for hydroxylation is 1. The first-order valence-corrected chi connectivity index (χ1v) is 10.6. The molecule has 3 aromatic rings. The Morgan fingerprint density at radius 3 is 2.83 bits per heavy atom. The quantitative estimate of drug-likeness (QED) is 0.475. The van der Waals surface area contributed by atoms with Gasteiger partial charge in [0.05, 0.1) is 18.4 Å². The molecule has 1 aromatic carbocycles. The maximum atomic E-state index is 13.1. The molecule has 0 atom stereocenters. The maximum absolute atomic E-state index is 13.1. The van der Waals surface area contributed by atoms with E-state index in [1.807, 2.05) is 44.4 Å². The van der Waals surface area contributed by atoms with E-state index in [1.54, 1.807) is 12.4 Å². The van der Waals surface area contributed by atoms with Gasteiger partial charge in [-0.25, -0.2) is 0 Å². The number of ether oxygens (including phenoxy) is 1. The molecule has 0 aliphatic carbocycles. The van der Waals surface area contributed by atoms with Gasteiger partial charge in [-0.3, -0.25) is 9.78 Å². The first-order valence-electron chi connectivity index (χ1n) is 10.6. The number of amides is 1. The lowest BCUT2D eigenvalue weighted by molar-refractivity contribution is 0.0950. The van der Waals surface area contributed by atoms with Crippen LogP contribution in [0, 0.1) is 0 Å². The molecule has 6 nitrogen and oxygen atoms in total. The summed E-state index contributed by atoms with van der Waals surface area (Å²) >= 11 is 0. The van der Waals surface area contributed by atoms with E-state index in [0.29, 0.717) is 24.5 Å². The highest BCUT2D eigenvalue weighted by Gasteiger charge is 2.20. The predicted octanol–water partition coefficient (Wildman–Crippen LogP) is 4.43. The molecular weight excluding hydrogens is 378 g/mol. The predicted molar refractivity (Wildman–Crippen MR) is 119 cm³/mol. The summed E-state index contributed by atoms with van der Waals surface area (Å²) in [6.45, 7) is 4.07. The van der Waals surface area contributed by atoms with Gasteiger partial charge >= 0.3 is 0 Å². The number of pyridine rings is 1. The number of hydrogen-bond donors (Lipinski definition) is 1. The number of rotatable bonds is 11. The van der Waals surface area contributed by atoms with E-state index in [0.717, 1.165) is 54.5 Å². The fraction of sp³-hybridized carbons (Fsp3) is 0.417. The molecule has 0 aliphatic heterocycles. The van der Waals surface area contributed by atoms with Crippen molar-refractivity contribution < 1.29 is 13.9 Å². The van der Waals surface area contributed by atoms with Gasteiger partial charge < -0.3 is 19.4 Å². The van der Waals surface area contributed by atoms with Gasteiger partial charge in [-0.05, 0) is 39.1 Å². The van der Waals surface area contributed by atoms with E-state index in [4.69, 9.17) is 9.15 Å². The summed E-state index contributed by atoms with van der Waals surface area (Å²) in [6, 6.07) is 9.58. The molecule has 0 fully saturated rings. The van der Waals surface area contributed by atoms with Crippen molar-refractivity contribution >= 4 is 16.9 Å². The van der Waals surface area contributed by atoms with Crippen LogP contribution in [-0.4, -0.2) is 43.0 Å². The fourth-order valence-corrected chi connectivity index (χ4v) is 3.37. The number of fused-ring (bicyclic) bond motifs is 1. The van der Waals surface area contributed by atoms with Gasteiger partial charge in [0.1, 0.15) is 17.1 Å². The van der Waals surface area contributed by atoms with Crippen LogP contribution in [-0.2, 0) is 13.0 Å². The van der Waals surface area contributed by atoms with Crippen molar-refractivity contribution in [3.05, 3.63) is 59.6 Å². The number of carbonyl (C=O) groups excluding carboxylic acids is 1. The van der Waals surface area contributed by atoms with Crippen LogP contribution >= 0.6 is 0 Å². The Kier molecular flexibility index (Phi) is 7.85. The SMILES string of the molecule is CCCCc1oc2ccccc2c1C(=O)NCc1ccncc1OCCCN(C)C. The van der Waals surface area contributed by atoms with E-state index < -0.39 is 0 Å². The standard InChI is InChI=1S/C24H31N3O3/c1-4-5-10-21-23(19-9-6-7-11-20(19)30-21)24(28)26-16-18-12-13-25-17-22(18)29-15-8-14-27(2)3/h6-7,9,11-13,17H,4-5,8,10,14-16H2,1-3H3,(H,26,28). The van der Waals surface area contributed by atoms with Gasteiger partial charge in [-0.2, -0.15) is 0 Å². The molecule has 2 heterocycles. The average molecular weight is 410 g/mol. The van der Waals surface area contributed by atoms with Crippen LogP contribution in [0.3, 0.4) is 0 Å². The number of aromatic nitrogens is 1. The van der Waals surface area contributed by atoms with E-state index in [-0.39, 0.29) is 5.91 Å². The van der Waals surface area contributed by atoms with Crippen LogP contribution in [0.1, 0.15) is 47.9 Å². The molecule has 3 rings (SSSR count). The van der Waals surface area contributed by atoms with Gasteiger partial charge in [0.25, 0.3) is 5.91 Å². The first-order chi connectivity index (χ1) is 14.6. The number of nitrogens with zero attached hydrogens (tertiary/aromatic N) is 2. The number of furan rings is 1. The summed E-state index contributed by atoms with van der Waals surface area (Å²) in [6.07, 6.45) is 7.13. The number of benzene rings is 1. The summed E-state index contributed by atoms with van der Waals surface area (Å²) in [5.41, 5.74) is 2.30. The van der Waals surface area contributed by atoms with Crippen molar-refractivity contribution in [3.8, 4) is 5.75 Å². The number of hydrogen-bond acceptors (Lipinski definition) is 5. The summed E-state index contributed by atoms with van der Waals surface area (Å²) in [5.74, 6) is 1.34. The second kappa shape index (κ2) is 10.8. The summed E-state index contributed by atoms with van der Waals surface area (Å²) < 4.78 is 11.9. The largest absolute Gasteiger partial charge is 0.492 e. The molecule has 0 spiro atoms. The maximum Gasteiger partial charge on any atom is 0.255 e. The summed E-state index contributed by atoms with van der Waals surface area (Å²) in [5, 5.41) is 3.90. The Hall–Kier alpha value is -2.86. The first kappa shape index (κ1) is 21.8. The molecule has 0 bridgehead atoms. The van der Waals surface area contributed by atoms with Crippen molar-refractivity contribution in [2.24, 2.45) is 0 Å². The van der Waals surface area contributed by atoms with Gasteiger partial charge in [0.15, 0.2) is 0 Å². The second-order valence-electron chi connectivity index (χ2n) is 7.67. The third kappa shape index (κ3) is 5.60. The summed E-state index contributed by atoms with van der Waals surface area (Å²) in [4.78, 5) is 19.4. The molecule has 0 saturated carbocycles. The van der Waals surface area contributed by atoms with Gasteiger partial charge in [0.2, 0.25) is 0 Å². The third-order valence-electron chi connectivity index (χ3n) is 4.97. The van der Waals surface area contributed by atoms with Crippen LogP contribution in [0.2, 0.25) is 0 Å². The van der Waals surface area contributed by atoms with Crippen molar-refractivity contribution in [2.45, 2.75) is 39.2 Å². The minimum Gasteiger partial charge on any atom is -0.492 e. The highest BCUT2D eigenvalue weighted by atomic mass is 16.5. The fourth-order valence-electron chi connectivity index (χ4n) is 3.37. The molecule has 0 saturated heterocycles. The third-order valence-corrected chi connectivity index (χ3v) is 4.97. The highest BCUT2D eigenvalue weighted by Crippen LogP contribution is 2.27. The zero-order valence-corrected chi connectivity index (χ0v) is 18.1. The van der Waals surface area contributed by atoms with E-state index in [9.17, 15) is 4.79 Å². The zero-order chi connectivity index (χ0) is 21.3. The topological polar surface area (TPSA) is 67.6 Å².